The Kier molecular flexibility index (Phi) is 6.08. The van der Waals surface area contributed by atoms with Gasteiger partial charge in [-0.25, -0.2) is 4.90 Å². The maximum atomic E-state index is 13.3. The molecule has 6 heteroatoms. The van der Waals surface area contributed by atoms with Gasteiger partial charge in [0.05, 0.1) is 18.5 Å². The molecular weight excluding hydrogens is 388 g/mol. The first kappa shape index (κ1) is 21.1. The van der Waals surface area contributed by atoms with Gasteiger partial charge in [-0.1, -0.05) is 48.9 Å². The molecule has 0 saturated carbocycles. The molecule has 5 nitrogen and oxygen atoms in total. The summed E-state index contributed by atoms with van der Waals surface area (Å²) in [6, 6.07) is 15.1. The molecule has 2 aromatic rings. The van der Waals surface area contributed by atoms with Gasteiger partial charge in [0, 0.05) is 10.6 Å². The number of nitrogens with zero attached hydrogens (tertiary/aromatic N) is 2. The van der Waals surface area contributed by atoms with Crippen molar-refractivity contribution in [1.29, 1.82) is 0 Å². The van der Waals surface area contributed by atoms with E-state index in [0.29, 0.717) is 17.1 Å². The molecule has 3 amide bonds. The molecular formula is C23H25ClN2O3. The number of rotatable bonds is 6. The average Bonchev–Trinajstić information content (AvgIpc) is 2.98. The molecule has 0 bridgehead atoms. The quantitative estimate of drug-likeness (QED) is 0.667. The van der Waals surface area contributed by atoms with Crippen molar-refractivity contribution in [1.82, 2.24) is 4.90 Å². The molecule has 3 rings (SSSR count). The van der Waals surface area contributed by atoms with Crippen LogP contribution in [0.5, 0.6) is 0 Å². The van der Waals surface area contributed by atoms with E-state index in [2.05, 4.69) is 0 Å². The number of imide groups is 1. The standard InChI is InChI=1S/C23H25ClN2O3/c1-4-23(2,3)26(21(28)14-16-10-12-17(24)13-11-16)19-15-20(27)25(22(19)29)18-8-6-5-7-9-18/h5-13,19H,4,14-15H2,1-3H3. The van der Waals surface area contributed by atoms with Gasteiger partial charge in [-0.05, 0) is 50.1 Å². The largest absolute Gasteiger partial charge is 0.325 e. The monoisotopic (exact) mass is 412 g/mol. The Labute approximate surface area is 176 Å². The second-order valence-corrected chi connectivity index (χ2v) is 8.29. The number of carbonyl (C=O) groups is 3. The summed E-state index contributed by atoms with van der Waals surface area (Å²) >= 11 is 5.94. The molecule has 0 N–H and O–H groups in total. The van der Waals surface area contributed by atoms with Crippen molar-refractivity contribution in [3.63, 3.8) is 0 Å². The molecule has 1 unspecified atom stereocenters. The van der Waals surface area contributed by atoms with Crippen molar-refractivity contribution >= 4 is 35.0 Å². The van der Waals surface area contributed by atoms with Gasteiger partial charge in [0.1, 0.15) is 6.04 Å². The molecule has 0 aromatic heterocycles. The fourth-order valence-electron chi connectivity index (χ4n) is 3.63. The Morgan fingerprint density at radius 1 is 1.10 bits per heavy atom. The van der Waals surface area contributed by atoms with Gasteiger partial charge in [-0.3, -0.25) is 14.4 Å². The summed E-state index contributed by atoms with van der Waals surface area (Å²) < 4.78 is 0. The summed E-state index contributed by atoms with van der Waals surface area (Å²) in [5.41, 5.74) is 0.772. The van der Waals surface area contributed by atoms with Crippen LogP contribution in [0.1, 0.15) is 39.2 Å². The molecule has 0 spiro atoms. The lowest BCUT2D eigenvalue weighted by Gasteiger charge is -2.41. The van der Waals surface area contributed by atoms with E-state index in [9.17, 15) is 14.4 Å². The van der Waals surface area contributed by atoms with Gasteiger partial charge in [-0.2, -0.15) is 0 Å². The minimum absolute atomic E-state index is 0.0104. The van der Waals surface area contributed by atoms with Crippen LogP contribution in [0.4, 0.5) is 5.69 Å². The van der Waals surface area contributed by atoms with E-state index in [1.165, 1.54) is 4.90 Å². The van der Waals surface area contributed by atoms with E-state index in [1.807, 2.05) is 26.8 Å². The van der Waals surface area contributed by atoms with Crippen LogP contribution < -0.4 is 4.90 Å². The minimum atomic E-state index is -0.808. The minimum Gasteiger partial charge on any atom is -0.325 e. The van der Waals surface area contributed by atoms with Crippen LogP contribution in [-0.4, -0.2) is 34.2 Å². The summed E-state index contributed by atoms with van der Waals surface area (Å²) in [6.07, 6.45) is 0.788. The highest BCUT2D eigenvalue weighted by atomic mass is 35.5. The smallest absolute Gasteiger partial charge is 0.257 e. The lowest BCUT2D eigenvalue weighted by atomic mass is 9.94. The Bertz CT molecular complexity index is 909. The third-order valence-electron chi connectivity index (χ3n) is 5.50. The third kappa shape index (κ3) is 4.35. The molecule has 1 aliphatic rings. The number of benzene rings is 2. The Balaban J connectivity index is 1.91. The van der Waals surface area contributed by atoms with Gasteiger partial charge in [0.2, 0.25) is 11.8 Å². The van der Waals surface area contributed by atoms with Crippen LogP contribution in [0, 0.1) is 0 Å². The summed E-state index contributed by atoms with van der Waals surface area (Å²) in [7, 11) is 0. The summed E-state index contributed by atoms with van der Waals surface area (Å²) in [5.74, 6) is -0.824. The van der Waals surface area contributed by atoms with Crippen molar-refractivity contribution in [3.05, 3.63) is 65.2 Å². The van der Waals surface area contributed by atoms with E-state index < -0.39 is 11.6 Å². The highest BCUT2D eigenvalue weighted by Crippen LogP contribution is 2.31. The topological polar surface area (TPSA) is 57.7 Å². The predicted octanol–water partition coefficient (Wildman–Crippen LogP) is 4.23. The second kappa shape index (κ2) is 8.37. The molecule has 2 aromatic carbocycles. The number of anilines is 1. The Hall–Kier alpha value is -2.66. The van der Waals surface area contributed by atoms with E-state index in [4.69, 9.17) is 11.6 Å². The normalized spacial score (nSPS) is 17.0. The molecule has 1 saturated heterocycles. The highest BCUT2D eigenvalue weighted by Gasteiger charge is 2.48. The fourth-order valence-corrected chi connectivity index (χ4v) is 3.76. The van der Waals surface area contributed by atoms with E-state index in [1.54, 1.807) is 53.4 Å². The van der Waals surface area contributed by atoms with Crippen molar-refractivity contribution < 1.29 is 14.4 Å². The molecule has 1 fully saturated rings. The van der Waals surface area contributed by atoms with Crippen LogP contribution in [-0.2, 0) is 20.8 Å². The number of carbonyl (C=O) groups excluding carboxylic acids is 3. The maximum Gasteiger partial charge on any atom is 0.257 e. The Morgan fingerprint density at radius 2 is 1.72 bits per heavy atom. The van der Waals surface area contributed by atoms with Crippen molar-refractivity contribution in [2.45, 2.75) is 51.6 Å². The maximum absolute atomic E-state index is 13.3. The van der Waals surface area contributed by atoms with Crippen molar-refractivity contribution in [2.75, 3.05) is 4.90 Å². The number of para-hydroxylation sites is 1. The Morgan fingerprint density at radius 3 is 2.31 bits per heavy atom. The lowest BCUT2D eigenvalue weighted by Crippen LogP contribution is -2.56. The first-order chi connectivity index (χ1) is 13.7. The number of hydrogen-bond acceptors (Lipinski definition) is 3. The van der Waals surface area contributed by atoms with Crippen LogP contribution in [0.3, 0.4) is 0 Å². The molecule has 1 heterocycles. The summed E-state index contributed by atoms with van der Waals surface area (Å²) in [5, 5.41) is 0.599. The molecule has 0 radical (unpaired) electrons. The third-order valence-corrected chi connectivity index (χ3v) is 5.76. The number of halogens is 1. The first-order valence-electron chi connectivity index (χ1n) is 9.73. The lowest BCUT2D eigenvalue weighted by molar-refractivity contribution is -0.144. The van der Waals surface area contributed by atoms with Gasteiger partial charge in [0.25, 0.3) is 5.91 Å². The van der Waals surface area contributed by atoms with Crippen molar-refractivity contribution in [2.24, 2.45) is 0 Å². The van der Waals surface area contributed by atoms with Gasteiger partial charge in [0.15, 0.2) is 0 Å². The van der Waals surface area contributed by atoms with Crippen molar-refractivity contribution in [3.8, 4) is 0 Å². The molecule has 1 aliphatic heterocycles. The van der Waals surface area contributed by atoms with E-state index >= 15 is 0 Å². The molecule has 0 aliphatic carbocycles. The highest BCUT2D eigenvalue weighted by molar-refractivity contribution is 6.30. The van der Waals surface area contributed by atoms with Crippen LogP contribution in [0.25, 0.3) is 0 Å². The summed E-state index contributed by atoms with van der Waals surface area (Å²) in [4.78, 5) is 42.0. The molecule has 152 valence electrons. The van der Waals surface area contributed by atoms with Crippen LogP contribution in [0.15, 0.2) is 54.6 Å². The SMILES string of the molecule is CCC(C)(C)N(C(=O)Cc1ccc(Cl)cc1)C1CC(=O)N(c2ccccc2)C1=O. The zero-order valence-electron chi connectivity index (χ0n) is 16.9. The number of hydrogen-bond donors (Lipinski definition) is 0. The molecule has 1 atom stereocenters. The number of amides is 3. The van der Waals surface area contributed by atoms with E-state index in [0.717, 1.165) is 5.56 Å². The van der Waals surface area contributed by atoms with Gasteiger partial charge in [-0.15, -0.1) is 0 Å². The summed E-state index contributed by atoms with van der Waals surface area (Å²) in [6.45, 7) is 5.82. The van der Waals surface area contributed by atoms with E-state index in [-0.39, 0.29) is 30.6 Å². The van der Waals surface area contributed by atoms with Crippen LogP contribution in [0.2, 0.25) is 5.02 Å². The predicted molar refractivity (Wildman–Crippen MR) is 114 cm³/mol. The van der Waals surface area contributed by atoms with Gasteiger partial charge >= 0.3 is 0 Å². The fraction of sp³-hybridized carbons (Fsp3) is 0.348. The van der Waals surface area contributed by atoms with Gasteiger partial charge < -0.3 is 4.90 Å². The zero-order chi connectivity index (χ0) is 21.2. The molecule has 29 heavy (non-hydrogen) atoms. The average molecular weight is 413 g/mol. The van der Waals surface area contributed by atoms with Crippen LogP contribution >= 0.6 is 11.6 Å². The zero-order valence-corrected chi connectivity index (χ0v) is 17.6. The second-order valence-electron chi connectivity index (χ2n) is 7.86. The first-order valence-corrected chi connectivity index (χ1v) is 10.1.